The largest absolute Gasteiger partial charge is 0.409 e. The van der Waals surface area contributed by atoms with Crippen LogP contribution in [0.2, 0.25) is 0 Å². The number of nitrogens with one attached hydrogen (secondary N) is 1. The van der Waals surface area contributed by atoms with Gasteiger partial charge in [0, 0.05) is 6.04 Å². The number of hydrogen-bond acceptors (Lipinski definition) is 5. The molecule has 1 aliphatic heterocycles. The van der Waals surface area contributed by atoms with Crippen LogP contribution in [-0.4, -0.2) is 43.1 Å². The standard InChI is InChI=1S/C9H19N3O3S/c1-2-8(9(10)12-13)11-7-3-5-16(14,15)6-4-7/h7-8,11,13H,2-6H2,1H3,(H2,10,12). The van der Waals surface area contributed by atoms with Gasteiger partial charge in [-0.2, -0.15) is 0 Å². The van der Waals surface area contributed by atoms with Crippen molar-refractivity contribution in [3.05, 3.63) is 0 Å². The molecule has 1 atom stereocenters. The van der Waals surface area contributed by atoms with Crippen LogP contribution in [0.15, 0.2) is 5.16 Å². The first-order valence-corrected chi connectivity index (χ1v) is 7.24. The van der Waals surface area contributed by atoms with E-state index in [-0.39, 0.29) is 29.4 Å². The van der Waals surface area contributed by atoms with Gasteiger partial charge >= 0.3 is 0 Å². The van der Waals surface area contributed by atoms with Crippen molar-refractivity contribution in [1.29, 1.82) is 0 Å². The first kappa shape index (κ1) is 13.2. The highest BCUT2D eigenvalue weighted by Gasteiger charge is 2.25. The fourth-order valence-electron chi connectivity index (χ4n) is 1.82. The zero-order valence-electron chi connectivity index (χ0n) is 9.39. The molecule has 0 radical (unpaired) electrons. The highest BCUT2D eigenvalue weighted by molar-refractivity contribution is 7.91. The maximum absolute atomic E-state index is 11.2. The van der Waals surface area contributed by atoms with Crippen LogP contribution in [-0.2, 0) is 9.84 Å². The molecule has 16 heavy (non-hydrogen) atoms. The summed E-state index contributed by atoms with van der Waals surface area (Å²) < 4.78 is 22.5. The molecule has 0 aromatic rings. The van der Waals surface area contributed by atoms with Crippen LogP contribution in [0.5, 0.6) is 0 Å². The number of hydrogen-bond donors (Lipinski definition) is 3. The van der Waals surface area contributed by atoms with E-state index >= 15 is 0 Å². The van der Waals surface area contributed by atoms with E-state index in [2.05, 4.69) is 10.5 Å². The van der Waals surface area contributed by atoms with Gasteiger partial charge in [-0.05, 0) is 19.3 Å². The van der Waals surface area contributed by atoms with Crippen molar-refractivity contribution < 1.29 is 13.6 Å². The minimum absolute atomic E-state index is 0.133. The van der Waals surface area contributed by atoms with Gasteiger partial charge in [-0.3, -0.25) is 0 Å². The third-order valence-corrected chi connectivity index (χ3v) is 4.59. The van der Waals surface area contributed by atoms with Crippen molar-refractivity contribution in [1.82, 2.24) is 5.32 Å². The molecule has 1 heterocycles. The molecule has 1 aliphatic rings. The normalized spacial score (nSPS) is 24.2. The zero-order chi connectivity index (χ0) is 12.2. The van der Waals surface area contributed by atoms with Gasteiger partial charge < -0.3 is 16.3 Å². The molecular formula is C9H19N3O3S. The Kier molecular flexibility index (Phi) is 4.55. The highest BCUT2D eigenvalue weighted by Crippen LogP contribution is 2.13. The van der Waals surface area contributed by atoms with Crippen LogP contribution < -0.4 is 11.1 Å². The molecule has 1 rings (SSSR count). The lowest BCUT2D eigenvalue weighted by atomic mass is 10.1. The van der Waals surface area contributed by atoms with Crippen LogP contribution in [0, 0.1) is 0 Å². The lowest BCUT2D eigenvalue weighted by molar-refractivity contribution is 0.312. The monoisotopic (exact) mass is 249 g/mol. The number of rotatable bonds is 4. The molecule has 1 unspecified atom stereocenters. The molecule has 1 saturated heterocycles. The Morgan fingerprint density at radius 2 is 2.12 bits per heavy atom. The van der Waals surface area contributed by atoms with Gasteiger partial charge in [0.1, 0.15) is 9.84 Å². The number of amidine groups is 1. The van der Waals surface area contributed by atoms with Crippen LogP contribution in [0.25, 0.3) is 0 Å². The number of oxime groups is 1. The summed E-state index contributed by atoms with van der Waals surface area (Å²) in [4.78, 5) is 0. The molecule has 0 amide bonds. The Morgan fingerprint density at radius 3 is 2.56 bits per heavy atom. The second-order valence-corrected chi connectivity index (χ2v) is 6.38. The molecule has 0 aliphatic carbocycles. The first-order valence-electron chi connectivity index (χ1n) is 5.42. The molecule has 0 aromatic carbocycles. The van der Waals surface area contributed by atoms with Crippen molar-refractivity contribution in [3.8, 4) is 0 Å². The topological polar surface area (TPSA) is 105 Å². The molecule has 0 bridgehead atoms. The summed E-state index contributed by atoms with van der Waals surface area (Å²) in [5.74, 6) is 0.588. The maximum atomic E-state index is 11.2. The van der Waals surface area contributed by atoms with Crippen LogP contribution in [0.3, 0.4) is 0 Å². The van der Waals surface area contributed by atoms with E-state index < -0.39 is 9.84 Å². The number of nitrogens with two attached hydrogens (primary N) is 1. The maximum Gasteiger partial charge on any atom is 0.156 e. The summed E-state index contributed by atoms with van der Waals surface area (Å²) >= 11 is 0. The predicted molar refractivity (Wildman–Crippen MR) is 62.3 cm³/mol. The summed E-state index contributed by atoms with van der Waals surface area (Å²) in [6.45, 7) is 1.93. The van der Waals surface area contributed by atoms with E-state index in [0.29, 0.717) is 19.3 Å². The molecule has 7 heteroatoms. The Hall–Kier alpha value is -0.820. The van der Waals surface area contributed by atoms with Crippen LogP contribution in [0.4, 0.5) is 0 Å². The summed E-state index contributed by atoms with van der Waals surface area (Å²) in [7, 11) is -2.83. The molecule has 4 N–H and O–H groups in total. The minimum Gasteiger partial charge on any atom is -0.409 e. The third-order valence-electron chi connectivity index (χ3n) is 2.87. The van der Waals surface area contributed by atoms with E-state index in [4.69, 9.17) is 10.9 Å². The van der Waals surface area contributed by atoms with Crippen molar-refractivity contribution in [2.75, 3.05) is 11.5 Å². The highest BCUT2D eigenvalue weighted by atomic mass is 32.2. The Morgan fingerprint density at radius 1 is 1.56 bits per heavy atom. The molecule has 6 nitrogen and oxygen atoms in total. The SMILES string of the molecule is CCC(NC1CCS(=O)(=O)CC1)C(N)=NO. The average molecular weight is 249 g/mol. The number of nitrogens with zero attached hydrogens (tertiary/aromatic N) is 1. The zero-order valence-corrected chi connectivity index (χ0v) is 10.2. The molecule has 0 spiro atoms. The van der Waals surface area contributed by atoms with Crippen molar-refractivity contribution in [3.63, 3.8) is 0 Å². The fraction of sp³-hybridized carbons (Fsp3) is 0.889. The Labute approximate surface area is 95.8 Å². The minimum atomic E-state index is -2.83. The quantitative estimate of drug-likeness (QED) is 0.274. The Balaban J connectivity index is 2.49. The predicted octanol–water partition coefficient (Wildman–Crippen LogP) is -0.322. The van der Waals surface area contributed by atoms with Crippen LogP contribution in [0.1, 0.15) is 26.2 Å². The van der Waals surface area contributed by atoms with Crippen molar-refractivity contribution >= 4 is 15.7 Å². The van der Waals surface area contributed by atoms with Gasteiger partial charge in [-0.15, -0.1) is 0 Å². The fourth-order valence-corrected chi connectivity index (χ4v) is 3.31. The molecule has 0 aromatic heterocycles. The van der Waals surface area contributed by atoms with E-state index in [1.807, 2.05) is 6.92 Å². The van der Waals surface area contributed by atoms with Gasteiger partial charge in [0.15, 0.2) is 5.84 Å². The Bertz CT molecular complexity index is 339. The van der Waals surface area contributed by atoms with Gasteiger partial charge in [0.05, 0.1) is 17.5 Å². The lowest BCUT2D eigenvalue weighted by Gasteiger charge is -2.27. The third kappa shape index (κ3) is 3.64. The summed E-state index contributed by atoms with van der Waals surface area (Å²) in [6.07, 6.45) is 1.90. The lowest BCUT2D eigenvalue weighted by Crippen LogP contribution is -2.48. The van der Waals surface area contributed by atoms with Crippen LogP contribution >= 0.6 is 0 Å². The van der Waals surface area contributed by atoms with E-state index in [9.17, 15) is 8.42 Å². The smallest absolute Gasteiger partial charge is 0.156 e. The average Bonchev–Trinajstić information content (AvgIpc) is 2.27. The molecule has 0 saturated carbocycles. The summed E-state index contributed by atoms with van der Waals surface area (Å²) in [5, 5.41) is 14.8. The van der Waals surface area contributed by atoms with Crippen molar-refractivity contribution in [2.45, 2.75) is 38.3 Å². The van der Waals surface area contributed by atoms with Crippen molar-refractivity contribution in [2.24, 2.45) is 10.9 Å². The van der Waals surface area contributed by atoms with Gasteiger partial charge in [0.2, 0.25) is 0 Å². The summed E-state index contributed by atoms with van der Waals surface area (Å²) in [6, 6.07) is -0.0513. The first-order chi connectivity index (χ1) is 7.48. The number of sulfone groups is 1. The molecule has 94 valence electrons. The second-order valence-electron chi connectivity index (χ2n) is 4.08. The van der Waals surface area contributed by atoms with E-state index in [1.165, 1.54) is 0 Å². The van der Waals surface area contributed by atoms with Gasteiger partial charge in [-0.25, -0.2) is 8.42 Å². The molecule has 1 fully saturated rings. The second kappa shape index (κ2) is 5.49. The van der Waals surface area contributed by atoms with E-state index in [1.54, 1.807) is 0 Å². The van der Waals surface area contributed by atoms with E-state index in [0.717, 1.165) is 0 Å². The summed E-state index contributed by atoms with van der Waals surface area (Å²) in [5.41, 5.74) is 5.52. The molecular weight excluding hydrogens is 230 g/mol. The van der Waals surface area contributed by atoms with Gasteiger partial charge in [-0.1, -0.05) is 12.1 Å². The van der Waals surface area contributed by atoms with Gasteiger partial charge in [0.25, 0.3) is 0 Å².